The van der Waals surface area contributed by atoms with Gasteiger partial charge in [0.2, 0.25) is 11.6 Å². The molecule has 0 aliphatic heterocycles. The standard InChI is InChI=1S/2C11H18O4.Ba.2H/c2*1-10(2,3)7(12)8(13)15-9(14)11(4,5)6;;;/h2*1-6H3;;;. The van der Waals surface area contributed by atoms with E-state index in [-0.39, 0.29) is 48.9 Å². The van der Waals surface area contributed by atoms with Gasteiger partial charge in [0, 0.05) is 10.8 Å². The zero-order valence-corrected chi connectivity index (χ0v) is 20.3. The zero-order chi connectivity index (χ0) is 24.9. The third-order valence-corrected chi connectivity index (χ3v) is 3.33. The fraction of sp³-hybridized carbons (Fsp3) is 0.727. The first-order chi connectivity index (χ1) is 12.9. The van der Waals surface area contributed by atoms with Crippen LogP contribution in [-0.4, -0.2) is 84.3 Å². The summed E-state index contributed by atoms with van der Waals surface area (Å²) in [6.45, 7) is 19.3. The van der Waals surface area contributed by atoms with E-state index in [4.69, 9.17) is 0 Å². The van der Waals surface area contributed by atoms with Crippen LogP contribution >= 0.6 is 0 Å². The Bertz CT molecular complexity index is 646. The first-order valence-electron chi connectivity index (χ1n) is 9.54. The summed E-state index contributed by atoms with van der Waals surface area (Å²) in [5.74, 6) is -4.93. The molecule has 0 saturated heterocycles. The van der Waals surface area contributed by atoms with Crippen LogP contribution in [0.2, 0.25) is 0 Å². The first-order valence-corrected chi connectivity index (χ1v) is 9.54. The third-order valence-electron chi connectivity index (χ3n) is 3.33. The summed E-state index contributed by atoms with van der Waals surface area (Å²) >= 11 is 0. The normalized spacial score (nSPS) is 11.7. The van der Waals surface area contributed by atoms with Crippen LogP contribution < -0.4 is 0 Å². The van der Waals surface area contributed by atoms with Gasteiger partial charge in [0.05, 0.1) is 10.8 Å². The predicted molar refractivity (Wildman–Crippen MR) is 119 cm³/mol. The van der Waals surface area contributed by atoms with E-state index in [9.17, 15) is 28.8 Å². The molecular formula is C22H38BaO8. The molecule has 0 spiro atoms. The molecule has 0 unspecified atom stereocenters. The molecule has 0 bridgehead atoms. The van der Waals surface area contributed by atoms with Crippen LogP contribution in [0.15, 0.2) is 0 Å². The number of carbonyl (C=O) groups is 6. The molecule has 0 atom stereocenters. The molecule has 0 rings (SSSR count). The maximum absolute atomic E-state index is 11.4. The molecule has 0 radical (unpaired) electrons. The minimum absolute atomic E-state index is 0. The molecule has 0 N–H and O–H groups in total. The predicted octanol–water partition coefficient (Wildman–Crippen LogP) is 2.52. The molecule has 0 amide bonds. The van der Waals surface area contributed by atoms with Crippen LogP contribution in [0.3, 0.4) is 0 Å². The van der Waals surface area contributed by atoms with Gasteiger partial charge in [-0.25, -0.2) is 9.59 Å². The van der Waals surface area contributed by atoms with Gasteiger partial charge >= 0.3 is 72.8 Å². The van der Waals surface area contributed by atoms with Gasteiger partial charge < -0.3 is 9.47 Å². The molecule has 31 heavy (non-hydrogen) atoms. The molecule has 0 saturated carbocycles. The van der Waals surface area contributed by atoms with Crippen molar-refractivity contribution in [3.8, 4) is 0 Å². The van der Waals surface area contributed by atoms with Gasteiger partial charge in [-0.15, -0.1) is 0 Å². The summed E-state index contributed by atoms with van der Waals surface area (Å²) in [5, 5.41) is 0. The second-order valence-electron chi connectivity index (χ2n) is 11.0. The fourth-order valence-electron chi connectivity index (χ4n) is 1.18. The number of esters is 4. The van der Waals surface area contributed by atoms with Gasteiger partial charge in [0.1, 0.15) is 0 Å². The van der Waals surface area contributed by atoms with Crippen molar-refractivity contribution in [3.05, 3.63) is 0 Å². The second kappa shape index (κ2) is 12.4. The summed E-state index contributed by atoms with van der Waals surface area (Å²) in [4.78, 5) is 67.9. The number of hydrogen-bond donors (Lipinski definition) is 0. The Labute approximate surface area is 225 Å². The van der Waals surface area contributed by atoms with Gasteiger partial charge in [-0.2, -0.15) is 0 Å². The van der Waals surface area contributed by atoms with Gasteiger partial charge in [-0.05, 0) is 41.5 Å². The summed E-state index contributed by atoms with van der Waals surface area (Å²) in [6.07, 6.45) is 0. The van der Waals surface area contributed by atoms with Crippen molar-refractivity contribution < 1.29 is 38.2 Å². The summed E-state index contributed by atoms with van der Waals surface area (Å²) in [7, 11) is 0. The van der Waals surface area contributed by atoms with E-state index in [0.29, 0.717) is 0 Å². The SMILES string of the molecule is CC(C)(C)C(=O)OC(=O)C(=O)C(C)(C)C.CC(C)(C)C(=O)OC(=O)C(=O)C(C)(C)C.[BaH2]. The van der Waals surface area contributed by atoms with E-state index < -0.39 is 57.1 Å². The van der Waals surface area contributed by atoms with Crippen LogP contribution in [0, 0.1) is 21.7 Å². The molecule has 0 heterocycles. The van der Waals surface area contributed by atoms with Crippen LogP contribution in [0.5, 0.6) is 0 Å². The van der Waals surface area contributed by atoms with Gasteiger partial charge in [0.15, 0.2) is 0 Å². The van der Waals surface area contributed by atoms with Gasteiger partial charge in [-0.3, -0.25) is 19.2 Å². The number of ether oxygens (including phenoxy) is 2. The maximum atomic E-state index is 11.4. The molecule has 176 valence electrons. The number of carbonyl (C=O) groups excluding carboxylic acids is 6. The van der Waals surface area contributed by atoms with Crippen LogP contribution in [0.4, 0.5) is 0 Å². The monoisotopic (exact) mass is 568 g/mol. The Hall–Kier alpha value is -0.809. The van der Waals surface area contributed by atoms with Crippen molar-refractivity contribution in [1.82, 2.24) is 0 Å². The molecule has 0 aliphatic carbocycles. The van der Waals surface area contributed by atoms with E-state index in [1.807, 2.05) is 0 Å². The van der Waals surface area contributed by atoms with E-state index in [1.165, 1.54) is 0 Å². The van der Waals surface area contributed by atoms with Crippen molar-refractivity contribution in [3.63, 3.8) is 0 Å². The average Bonchev–Trinajstić information content (AvgIpc) is 2.50. The van der Waals surface area contributed by atoms with Crippen molar-refractivity contribution in [2.75, 3.05) is 0 Å². The number of rotatable bonds is 2. The fourth-order valence-corrected chi connectivity index (χ4v) is 1.18. The van der Waals surface area contributed by atoms with Crippen LogP contribution in [0.25, 0.3) is 0 Å². The Morgan fingerprint density at radius 2 is 0.613 bits per heavy atom. The third kappa shape index (κ3) is 14.1. The molecule has 0 aliphatic rings. The molecule has 0 aromatic carbocycles. The van der Waals surface area contributed by atoms with Gasteiger partial charge in [-0.1, -0.05) is 41.5 Å². The average molecular weight is 568 g/mol. The summed E-state index contributed by atoms with van der Waals surface area (Å²) < 4.78 is 8.95. The minimum atomic E-state index is -1.08. The number of Topliss-reactive ketones (excluding diaryl/α,β-unsaturated/α-hetero) is 2. The Balaban J connectivity index is -0.000000490. The molecule has 8 nitrogen and oxygen atoms in total. The summed E-state index contributed by atoms with van der Waals surface area (Å²) in [5.41, 5.74) is -3.22. The number of ketones is 2. The van der Waals surface area contributed by atoms with Gasteiger partial charge in [0.25, 0.3) is 0 Å². The molecule has 0 aromatic rings. The molecule has 9 heteroatoms. The van der Waals surface area contributed by atoms with E-state index >= 15 is 0 Å². The van der Waals surface area contributed by atoms with E-state index in [2.05, 4.69) is 9.47 Å². The van der Waals surface area contributed by atoms with Crippen LogP contribution in [0.1, 0.15) is 83.1 Å². The Morgan fingerprint density at radius 1 is 0.419 bits per heavy atom. The zero-order valence-electron chi connectivity index (χ0n) is 20.3. The number of hydrogen-bond acceptors (Lipinski definition) is 8. The first kappa shape index (κ1) is 34.8. The Morgan fingerprint density at radius 3 is 0.742 bits per heavy atom. The van der Waals surface area contributed by atoms with Crippen molar-refractivity contribution in [2.45, 2.75) is 83.1 Å². The molecular weight excluding hydrogens is 530 g/mol. The van der Waals surface area contributed by atoms with Crippen LogP contribution in [-0.2, 0) is 38.2 Å². The quantitative estimate of drug-likeness (QED) is 0.216. The van der Waals surface area contributed by atoms with E-state index in [0.717, 1.165) is 0 Å². The topological polar surface area (TPSA) is 121 Å². The van der Waals surface area contributed by atoms with Crippen molar-refractivity contribution >= 4 is 84.3 Å². The Kier molecular flexibility index (Phi) is 14.0. The molecule has 0 aromatic heterocycles. The summed E-state index contributed by atoms with van der Waals surface area (Å²) in [6, 6.07) is 0. The van der Waals surface area contributed by atoms with Crippen molar-refractivity contribution in [2.24, 2.45) is 21.7 Å². The molecule has 0 fully saturated rings. The van der Waals surface area contributed by atoms with Crippen molar-refractivity contribution in [1.29, 1.82) is 0 Å². The van der Waals surface area contributed by atoms with E-state index in [1.54, 1.807) is 83.1 Å². The second-order valence-corrected chi connectivity index (χ2v) is 11.0.